The van der Waals surface area contributed by atoms with E-state index in [9.17, 15) is 4.39 Å². The lowest BCUT2D eigenvalue weighted by Crippen LogP contribution is -2.37. The Kier molecular flexibility index (Phi) is 4.30. The zero-order chi connectivity index (χ0) is 12.2. The van der Waals surface area contributed by atoms with Crippen molar-refractivity contribution in [2.45, 2.75) is 32.7 Å². The van der Waals surface area contributed by atoms with Gasteiger partial charge in [0.15, 0.2) is 0 Å². The third-order valence-electron chi connectivity index (χ3n) is 2.60. The van der Waals surface area contributed by atoms with Gasteiger partial charge in [0.1, 0.15) is 5.82 Å². The van der Waals surface area contributed by atoms with E-state index in [0.717, 1.165) is 19.5 Å². The van der Waals surface area contributed by atoms with E-state index in [0.29, 0.717) is 5.69 Å². The molecule has 1 aromatic carbocycles. The molecule has 1 aromatic rings. The minimum Gasteiger partial charge on any atom is -0.369 e. The van der Waals surface area contributed by atoms with Crippen LogP contribution in [0.2, 0.25) is 0 Å². The zero-order valence-electron chi connectivity index (χ0n) is 10.3. The molecule has 0 saturated carbocycles. The van der Waals surface area contributed by atoms with E-state index < -0.39 is 0 Å². The van der Waals surface area contributed by atoms with Gasteiger partial charge >= 0.3 is 0 Å². The Bertz CT molecular complexity index is 331. The van der Waals surface area contributed by atoms with E-state index in [1.807, 2.05) is 37.8 Å². The fraction of sp³-hybridized carbons (Fsp3) is 0.538. The molecule has 0 aromatic heterocycles. The molecule has 0 amide bonds. The first kappa shape index (κ1) is 13.0. The minimum absolute atomic E-state index is 0.167. The van der Waals surface area contributed by atoms with Crippen molar-refractivity contribution in [2.24, 2.45) is 5.73 Å². The second-order valence-electron chi connectivity index (χ2n) is 4.77. The van der Waals surface area contributed by atoms with Crippen molar-refractivity contribution in [3.8, 4) is 0 Å². The number of nitrogens with two attached hydrogens (primary N) is 1. The normalized spacial score (nSPS) is 11.6. The average Bonchev–Trinajstić information content (AvgIpc) is 2.20. The number of anilines is 1. The molecule has 0 unspecified atom stereocenters. The number of benzene rings is 1. The molecule has 3 heteroatoms. The van der Waals surface area contributed by atoms with Crippen LogP contribution in [0, 0.1) is 5.82 Å². The lowest BCUT2D eigenvalue weighted by Gasteiger charge is -2.27. The lowest BCUT2D eigenvalue weighted by atomic mass is 10.0. The molecule has 0 aliphatic rings. The Morgan fingerprint density at radius 1 is 1.31 bits per heavy atom. The highest BCUT2D eigenvalue weighted by Crippen LogP contribution is 2.19. The monoisotopic (exact) mass is 224 g/mol. The first-order valence-corrected chi connectivity index (χ1v) is 5.72. The van der Waals surface area contributed by atoms with E-state index in [4.69, 9.17) is 5.73 Å². The maximum absolute atomic E-state index is 13.6. The molecule has 2 N–H and O–H groups in total. The standard InChI is InChI=1S/C13H21FN2/c1-4-16(10-9-13(2,3)15)12-8-6-5-7-11(12)14/h5-8H,4,9-10,15H2,1-3H3. The fourth-order valence-electron chi connectivity index (χ4n) is 1.58. The molecule has 0 bridgehead atoms. The van der Waals surface area contributed by atoms with Gasteiger partial charge in [-0.15, -0.1) is 0 Å². The lowest BCUT2D eigenvalue weighted by molar-refractivity contribution is 0.473. The molecular weight excluding hydrogens is 203 g/mol. The van der Waals surface area contributed by atoms with Crippen LogP contribution in [0.15, 0.2) is 24.3 Å². The van der Waals surface area contributed by atoms with Crippen LogP contribution in [-0.4, -0.2) is 18.6 Å². The fourth-order valence-corrected chi connectivity index (χ4v) is 1.58. The minimum atomic E-state index is -0.210. The van der Waals surface area contributed by atoms with Crippen molar-refractivity contribution in [3.63, 3.8) is 0 Å². The summed E-state index contributed by atoms with van der Waals surface area (Å²) in [5.41, 5.74) is 6.39. The van der Waals surface area contributed by atoms with Gasteiger partial charge in [-0.1, -0.05) is 12.1 Å². The maximum Gasteiger partial charge on any atom is 0.146 e. The Hall–Kier alpha value is -1.09. The second kappa shape index (κ2) is 5.30. The van der Waals surface area contributed by atoms with Crippen LogP contribution < -0.4 is 10.6 Å². The van der Waals surface area contributed by atoms with Gasteiger partial charge in [-0.3, -0.25) is 0 Å². The summed E-state index contributed by atoms with van der Waals surface area (Å²) in [6.07, 6.45) is 0.842. The summed E-state index contributed by atoms with van der Waals surface area (Å²) in [6.45, 7) is 7.57. The molecule has 90 valence electrons. The number of para-hydroxylation sites is 1. The number of rotatable bonds is 5. The SMILES string of the molecule is CCN(CCC(C)(C)N)c1ccccc1F. The van der Waals surface area contributed by atoms with Crippen molar-refractivity contribution < 1.29 is 4.39 Å². The van der Waals surface area contributed by atoms with Gasteiger partial charge in [0, 0.05) is 18.6 Å². The van der Waals surface area contributed by atoms with Crippen molar-refractivity contribution in [1.82, 2.24) is 0 Å². The molecule has 0 saturated heterocycles. The predicted molar refractivity (Wildman–Crippen MR) is 67.2 cm³/mol. The Morgan fingerprint density at radius 3 is 2.44 bits per heavy atom. The van der Waals surface area contributed by atoms with E-state index in [2.05, 4.69) is 0 Å². The number of halogens is 1. The van der Waals surface area contributed by atoms with Crippen LogP contribution in [0.1, 0.15) is 27.2 Å². The largest absolute Gasteiger partial charge is 0.369 e. The van der Waals surface area contributed by atoms with Gasteiger partial charge in [-0.25, -0.2) is 4.39 Å². The van der Waals surface area contributed by atoms with Gasteiger partial charge in [0.25, 0.3) is 0 Å². The highest BCUT2D eigenvalue weighted by Gasteiger charge is 2.14. The number of hydrogen-bond acceptors (Lipinski definition) is 2. The third-order valence-corrected chi connectivity index (χ3v) is 2.60. The topological polar surface area (TPSA) is 29.3 Å². The van der Waals surface area contributed by atoms with E-state index in [-0.39, 0.29) is 11.4 Å². The molecule has 16 heavy (non-hydrogen) atoms. The van der Waals surface area contributed by atoms with Crippen LogP contribution in [0.25, 0.3) is 0 Å². The summed E-state index contributed by atoms with van der Waals surface area (Å²) in [6, 6.07) is 6.86. The Morgan fingerprint density at radius 2 is 1.94 bits per heavy atom. The van der Waals surface area contributed by atoms with Gasteiger partial charge in [0.2, 0.25) is 0 Å². The molecule has 2 nitrogen and oxygen atoms in total. The first-order valence-electron chi connectivity index (χ1n) is 5.72. The van der Waals surface area contributed by atoms with Crippen molar-refractivity contribution >= 4 is 5.69 Å². The molecule has 0 spiro atoms. The molecule has 0 aliphatic carbocycles. The second-order valence-corrected chi connectivity index (χ2v) is 4.77. The van der Waals surface area contributed by atoms with Gasteiger partial charge in [0.05, 0.1) is 5.69 Å². The summed E-state index contributed by atoms with van der Waals surface area (Å²) in [4.78, 5) is 2.02. The van der Waals surface area contributed by atoms with E-state index in [1.54, 1.807) is 6.07 Å². The molecule has 0 heterocycles. The van der Waals surface area contributed by atoms with Crippen LogP contribution in [0.3, 0.4) is 0 Å². The highest BCUT2D eigenvalue weighted by atomic mass is 19.1. The van der Waals surface area contributed by atoms with Crippen molar-refractivity contribution in [3.05, 3.63) is 30.1 Å². The van der Waals surface area contributed by atoms with Crippen LogP contribution in [0.4, 0.5) is 10.1 Å². The Labute approximate surface area is 97.3 Å². The summed E-state index contributed by atoms with van der Waals surface area (Å²) in [5, 5.41) is 0. The molecule has 1 rings (SSSR count). The first-order chi connectivity index (χ1) is 7.44. The molecule has 0 aliphatic heterocycles. The number of hydrogen-bond donors (Lipinski definition) is 1. The molecule has 0 atom stereocenters. The van der Waals surface area contributed by atoms with Gasteiger partial charge in [-0.05, 0) is 39.3 Å². The predicted octanol–water partition coefficient (Wildman–Crippen LogP) is 2.78. The van der Waals surface area contributed by atoms with Crippen LogP contribution in [-0.2, 0) is 0 Å². The molecule has 0 fully saturated rings. The van der Waals surface area contributed by atoms with Gasteiger partial charge < -0.3 is 10.6 Å². The third kappa shape index (κ3) is 3.81. The van der Waals surface area contributed by atoms with E-state index >= 15 is 0 Å². The van der Waals surface area contributed by atoms with Crippen LogP contribution >= 0.6 is 0 Å². The highest BCUT2D eigenvalue weighted by molar-refractivity contribution is 5.47. The van der Waals surface area contributed by atoms with Crippen LogP contribution in [0.5, 0.6) is 0 Å². The quantitative estimate of drug-likeness (QED) is 0.833. The summed E-state index contributed by atoms with van der Waals surface area (Å²) >= 11 is 0. The van der Waals surface area contributed by atoms with E-state index in [1.165, 1.54) is 6.07 Å². The summed E-state index contributed by atoms with van der Waals surface area (Å²) in [5.74, 6) is -0.167. The average molecular weight is 224 g/mol. The summed E-state index contributed by atoms with van der Waals surface area (Å²) in [7, 11) is 0. The molecular formula is C13H21FN2. The maximum atomic E-state index is 13.6. The zero-order valence-corrected chi connectivity index (χ0v) is 10.3. The van der Waals surface area contributed by atoms with Crippen molar-refractivity contribution in [1.29, 1.82) is 0 Å². The number of nitrogens with zero attached hydrogens (tertiary/aromatic N) is 1. The van der Waals surface area contributed by atoms with Gasteiger partial charge in [-0.2, -0.15) is 0 Å². The van der Waals surface area contributed by atoms with Crippen molar-refractivity contribution in [2.75, 3.05) is 18.0 Å². The Balaban J connectivity index is 2.72. The molecule has 0 radical (unpaired) electrons. The smallest absolute Gasteiger partial charge is 0.146 e. The summed E-state index contributed by atoms with van der Waals surface area (Å²) < 4.78 is 13.6.